The molecule has 0 radical (unpaired) electrons. The van der Waals surface area contributed by atoms with E-state index in [1.807, 2.05) is 7.05 Å². The molecule has 1 aliphatic heterocycles. The molecule has 1 fully saturated rings. The molecule has 2 rings (SSSR count). The van der Waals surface area contributed by atoms with Gasteiger partial charge in [0.1, 0.15) is 5.75 Å². The fraction of sp³-hybridized carbons (Fsp3) is 0.538. The van der Waals surface area contributed by atoms with Crippen LogP contribution in [-0.2, 0) is 0 Å². The molecule has 1 aliphatic rings. The summed E-state index contributed by atoms with van der Waals surface area (Å²) in [6.07, 6.45) is 2.13. The van der Waals surface area contributed by atoms with Crippen molar-refractivity contribution in [3.05, 3.63) is 28.3 Å². The molecule has 0 amide bonds. The molecule has 0 atom stereocenters. The molecule has 1 N–H and O–H groups in total. The van der Waals surface area contributed by atoms with E-state index in [-0.39, 0.29) is 5.69 Å². The van der Waals surface area contributed by atoms with Gasteiger partial charge in [0.15, 0.2) is 0 Å². The predicted molar refractivity (Wildman–Crippen MR) is 73.9 cm³/mol. The van der Waals surface area contributed by atoms with Crippen molar-refractivity contribution < 1.29 is 9.66 Å². The zero-order chi connectivity index (χ0) is 13.8. The average Bonchev–Trinajstić information content (AvgIpc) is 2.46. The lowest BCUT2D eigenvalue weighted by molar-refractivity contribution is -0.384. The van der Waals surface area contributed by atoms with Crippen LogP contribution in [0.25, 0.3) is 0 Å². The lowest BCUT2D eigenvalue weighted by Crippen LogP contribution is -2.41. The molecule has 0 unspecified atom stereocenters. The maximum atomic E-state index is 10.8. The summed E-state index contributed by atoms with van der Waals surface area (Å²) < 4.78 is 5.28. The number of nitrogens with zero attached hydrogens (tertiary/aromatic N) is 2. The first kappa shape index (κ1) is 13.6. The van der Waals surface area contributed by atoms with Crippen LogP contribution < -0.4 is 15.0 Å². The first-order valence-corrected chi connectivity index (χ1v) is 6.40. The van der Waals surface area contributed by atoms with Crippen LogP contribution in [0.3, 0.4) is 0 Å². The Morgan fingerprint density at radius 1 is 1.42 bits per heavy atom. The normalized spacial score (nSPS) is 16.4. The van der Waals surface area contributed by atoms with Crippen LogP contribution >= 0.6 is 0 Å². The minimum Gasteiger partial charge on any atom is -0.494 e. The molecule has 0 aromatic heterocycles. The van der Waals surface area contributed by atoms with Gasteiger partial charge in [-0.3, -0.25) is 10.1 Å². The van der Waals surface area contributed by atoms with Gasteiger partial charge in [0.25, 0.3) is 5.69 Å². The van der Waals surface area contributed by atoms with Gasteiger partial charge in [-0.05, 0) is 26.0 Å². The molecule has 1 saturated heterocycles. The number of hydrogen-bond acceptors (Lipinski definition) is 5. The summed E-state index contributed by atoms with van der Waals surface area (Å²) in [5.41, 5.74) is 0.994. The molecule has 0 spiro atoms. The molecule has 0 aliphatic carbocycles. The maximum Gasteiger partial charge on any atom is 0.273 e. The number of hydrogen-bond donors (Lipinski definition) is 1. The van der Waals surface area contributed by atoms with Gasteiger partial charge in [0.2, 0.25) is 0 Å². The summed E-state index contributed by atoms with van der Waals surface area (Å²) in [7, 11) is 3.52. The van der Waals surface area contributed by atoms with Gasteiger partial charge in [-0.25, -0.2) is 0 Å². The number of non-ortho nitro benzene ring substituents is 1. The van der Waals surface area contributed by atoms with Gasteiger partial charge < -0.3 is 15.0 Å². The zero-order valence-electron chi connectivity index (χ0n) is 11.3. The Morgan fingerprint density at radius 2 is 2.11 bits per heavy atom. The monoisotopic (exact) mass is 265 g/mol. The molecule has 0 bridgehead atoms. The minimum atomic E-state index is -0.403. The highest BCUT2D eigenvalue weighted by Gasteiger charge is 2.21. The highest BCUT2D eigenvalue weighted by molar-refractivity contribution is 5.62. The third kappa shape index (κ3) is 2.96. The van der Waals surface area contributed by atoms with Crippen LogP contribution in [0.1, 0.15) is 12.8 Å². The van der Waals surface area contributed by atoms with Crippen molar-refractivity contribution in [2.75, 3.05) is 32.1 Å². The Labute approximate surface area is 112 Å². The van der Waals surface area contributed by atoms with E-state index in [9.17, 15) is 10.1 Å². The van der Waals surface area contributed by atoms with Gasteiger partial charge in [0.05, 0.1) is 23.8 Å². The van der Waals surface area contributed by atoms with E-state index in [4.69, 9.17) is 4.74 Å². The predicted octanol–water partition coefficient (Wildman–Crippen LogP) is 1.79. The van der Waals surface area contributed by atoms with Crippen molar-refractivity contribution in [2.24, 2.45) is 0 Å². The summed E-state index contributed by atoms with van der Waals surface area (Å²) in [6, 6.07) is 5.35. The molecular formula is C13H19N3O3. The number of ether oxygens (including phenoxy) is 1. The topological polar surface area (TPSA) is 67.6 Å². The molecule has 6 nitrogen and oxygen atoms in total. The summed E-state index contributed by atoms with van der Waals surface area (Å²) in [5.74, 6) is 0.567. The van der Waals surface area contributed by atoms with Gasteiger partial charge in [-0.2, -0.15) is 0 Å². The third-order valence-corrected chi connectivity index (χ3v) is 3.62. The second-order valence-corrected chi connectivity index (χ2v) is 4.66. The summed E-state index contributed by atoms with van der Waals surface area (Å²) in [5, 5.41) is 14.0. The van der Waals surface area contributed by atoms with E-state index in [0.717, 1.165) is 31.6 Å². The summed E-state index contributed by atoms with van der Waals surface area (Å²) in [6.45, 7) is 1.86. The van der Waals surface area contributed by atoms with Gasteiger partial charge in [-0.15, -0.1) is 0 Å². The number of anilines is 1. The molecule has 19 heavy (non-hydrogen) atoms. The molecule has 0 saturated carbocycles. The molecule has 6 heteroatoms. The van der Waals surface area contributed by atoms with Crippen LogP contribution in [0.15, 0.2) is 18.2 Å². The number of methoxy groups -OCH3 is 1. The van der Waals surface area contributed by atoms with Crippen molar-refractivity contribution >= 4 is 11.4 Å². The van der Waals surface area contributed by atoms with E-state index in [1.165, 1.54) is 12.1 Å². The average molecular weight is 265 g/mol. The summed E-state index contributed by atoms with van der Waals surface area (Å²) >= 11 is 0. The van der Waals surface area contributed by atoms with Crippen molar-refractivity contribution in [1.29, 1.82) is 0 Å². The Morgan fingerprint density at radius 3 is 2.63 bits per heavy atom. The maximum absolute atomic E-state index is 10.8. The van der Waals surface area contributed by atoms with Gasteiger partial charge in [0, 0.05) is 25.2 Å². The fourth-order valence-electron chi connectivity index (χ4n) is 2.45. The third-order valence-electron chi connectivity index (χ3n) is 3.62. The van der Waals surface area contributed by atoms with Gasteiger partial charge >= 0.3 is 0 Å². The number of nitrogens with one attached hydrogen (secondary N) is 1. The Balaban J connectivity index is 2.18. The van der Waals surface area contributed by atoms with Crippen molar-refractivity contribution in [1.82, 2.24) is 5.32 Å². The first-order chi connectivity index (χ1) is 9.15. The van der Waals surface area contributed by atoms with E-state index in [0.29, 0.717) is 11.8 Å². The number of nitro benzene ring substituents is 1. The Kier molecular flexibility index (Phi) is 4.21. The largest absolute Gasteiger partial charge is 0.494 e. The van der Waals surface area contributed by atoms with Crippen LogP contribution in [-0.4, -0.2) is 38.2 Å². The molecule has 104 valence electrons. The lowest BCUT2D eigenvalue weighted by atomic mass is 10.0. The molecule has 1 heterocycles. The Bertz CT molecular complexity index is 456. The second kappa shape index (κ2) is 5.88. The standard InChI is InChI=1S/C13H19N3O3/c1-14-10-5-7-15(8-6-10)12-4-3-11(16(17)18)9-13(12)19-2/h3-4,9-10,14H,5-8H2,1-2H3. The number of rotatable bonds is 4. The van der Waals surface area contributed by atoms with E-state index in [2.05, 4.69) is 10.2 Å². The quantitative estimate of drug-likeness (QED) is 0.664. The van der Waals surface area contributed by atoms with Crippen LogP contribution in [0, 0.1) is 10.1 Å². The van der Waals surface area contributed by atoms with Crippen LogP contribution in [0.4, 0.5) is 11.4 Å². The molecule has 1 aromatic carbocycles. The van der Waals surface area contributed by atoms with Gasteiger partial charge in [-0.1, -0.05) is 0 Å². The fourth-order valence-corrected chi connectivity index (χ4v) is 2.45. The number of nitro groups is 1. The highest BCUT2D eigenvalue weighted by atomic mass is 16.6. The SMILES string of the molecule is CNC1CCN(c2ccc([N+](=O)[O-])cc2OC)CC1. The number of benzene rings is 1. The minimum absolute atomic E-state index is 0.0608. The van der Waals surface area contributed by atoms with Crippen LogP contribution in [0.2, 0.25) is 0 Å². The Hall–Kier alpha value is -1.82. The number of piperidine rings is 1. The second-order valence-electron chi connectivity index (χ2n) is 4.66. The van der Waals surface area contributed by atoms with Crippen molar-refractivity contribution in [3.8, 4) is 5.75 Å². The van der Waals surface area contributed by atoms with Crippen molar-refractivity contribution in [3.63, 3.8) is 0 Å². The van der Waals surface area contributed by atoms with Crippen molar-refractivity contribution in [2.45, 2.75) is 18.9 Å². The smallest absolute Gasteiger partial charge is 0.273 e. The summed E-state index contributed by atoms with van der Waals surface area (Å²) in [4.78, 5) is 12.6. The van der Waals surface area contributed by atoms with E-state index >= 15 is 0 Å². The van der Waals surface area contributed by atoms with E-state index in [1.54, 1.807) is 13.2 Å². The molecule has 1 aromatic rings. The zero-order valence-corrected chi connectivity index (χ0v) is 11.3. The first-order valence-electron chi connectivity index (χ1n) is 6.40. The molecular weight excluding hydrogens is 246 g/mol. The lowest BCUT2D eigenvalue weighted by Gasteiger charge is -2.34. The van der Waals surface area contributed by atoms with Crippen LogP contribution in [0.5, 0.6) is 5.75 Å². The van der Waals surface area contributed by atoms with E-state index < -0.39 is 4.92 Å². The highest BCUT2D eigenvalue weighted by Crippen LogP contribution is 2.33.